The third-order valence-corrected chi connectivity index (χ3v) is 4.47. The first-order chi connectivity index (χ1) is 12.0. The maximum Gasteiger partial charge on any atom is 0.261 e. The smallest absolute Gasteiger partial charge is 0.261 e. The van der Waals surface area contributed by atoms with Crippen molar-refractivity contribution in [3.05, 3.63) is 76.0 Å². The molecule has 0 spiro atoms. The van der Waals surface area contributed by atoms with Crippen molar-refractivity contribution in [2.75, 3.05) is 0 Å². The number of hydrogen-bond acceptors (Lipinski definition) is 3. The second-order valence-corrected chi connectivity index (χ2v) is 6.29. The van der Waals surface area contributed by atoms with Crippen LogP contribution in [-0.4, -0.2) is 20.3 Å². The van der Waals surface area contributed by atoms with Gasteiger partial charge in [0.25, 0.3) is 5.56 Å². The number of ketones is 1. The normalized spacial score (nSPS) is 11.3. The fourth-order valence-corrected chi connectivity index (χ4v) is 3.26. The van der Waals surface area contributed by atoms with Gasteiger partial charge in [-0.05, 0) is 32.0 Å². The van der Waals surface area contributed by atoms with Gasteiger partial charge in [-0.1, -0.05) is 29.8 Å². The number of carbonyl (C=O) groups excluding carboxylic acids is 1. The maximum atomic E-state index is 12.9. The van der Waals surface area contributed by atoms with Crippen LogP contribution in [0.5, 0.6) is 0 Å². The Bertz CT molecular complexity index is 1180. The van der Waals surface area contributed by atoms with Gasteiger partial charge in [0.05, 0.1) is 23.8 Å². The van der Waals surface area contributed by atoms with Gasteiger partial charge in [-0.2, -0.15) is 0 Å². The highest BCUT2D eigenvalue weighted by molar-refractivity contribution is 6.09. The van der Waals surface area contributed by atoms with Crippen LogP contribution in [0.1, 0.15) is 21.6 Å². The maximum absolute atomic E-state index is 12.9. The number of carbonyl (C=O) groups is 1. The summed E-state index contributed by atoms with van der Waals surface area (Å²) in [5.41, 5.74) is 3.80. The van der Waals surface area contributed by atoms with Gasteiger partial charge in [-0.3, -0.25) is 14.2 Å². The molecule has 0 bridgehead atoms. The first-order valence-electron chi connectivity index (χ1n) is 8.11. The van der Waals surface area contributed by atoms with Crippen LogP contribution in [0.4, 0.5) is 0 Å². The molecule has 0 aliphatic heterocycles. The molecule has 2 aromatic heterocycles. The monoisotopic (exact) mass is 331 g/mol. The number of nitrogens with one attached hydrogen (secondary N) is 1. The third kappa shape index (κ3) is 2.54. The van der Waals surface area contributed by atoms with Gasteiger partial charge in [-0.25, -0.2) is 4.98 Å². The summed E-state index contributed by atoms with van der Waals surface area (Å²) in [5.74, 6) is -0.106. The molecular formula is C20H17N3O2. The zero-order valence-corrected chi connectivity index (χ0v) is 14.0. The van der Waals surface area contributed by atoms with E-state index in [1.807, 2.05) is 56.3 Å². The van der Waals surface area contributed by atoms with Crippen LogP contribution in [0.15, 0.2) is 53.6 Å². The van der Waals surface area contributed by atoms with Crippen LogP contribution >= 0.6 is 0 Å². The Hall–Kier alpha value is -3.21. The van der Waals surface area contributed by atoms with E-state index >= 15 is 0 Å². The van der Waals surface area contributed by atoms with E-state index in [9.17, 15) is 9.59 Å². The van der Waals surface area contributed by atoms with Crippen LogP contribution in [0, 0.1) is 13.8 Å². The Labute approximate surface area is 143 Å². The zero-order chi connectivity index (χ0) is 17.6. The highest BCUT2D eigenvalue weighted by Crippen LogP contribution is 2.22. The first kappa shape index (κ1) is 15.3. The topological polar surface area (TPSA) is 67.8 Å². The van der Waals surface area contributed by atoms with E-state index in [1.54, 1.807) is 0 Å². The fraction of sp³-hybridized carbons (Fsp3) is 0.150. The number of rotatable bonds is 3. The molecule has 0 radical (unpaired) electrons. The van der Waals surface area contributed by atoms with Crippen molar-refractivity contribution in [2.24, 2.45) is 0 Å². The van der Waals surface area contributed by atoms with Gasteiger partial charge in [0.15, 0.2) is 5.78 Å². The average Bonchev–Trinajstić information content (AvgIpc) is 2.93. The van der Waals surface area contributed by atoms with Crippen molar-refractivity contribution in [3.63, 3.8) is 0 Å². The van der Waals surface area contributed by atoms with E-state index in [4.69, 9.17) is 0 Å². The van der Waals surface area contributed by atoms with Gasteiger partial charge in [0.1, 0.15) is 0 Å². The summed E-state index contributed by atoms with van der Waals surface area (Å²) in [6.07, 6.45) is 1.45. The van der Waals surface area contributed by atoms with E-state index in [2.05, 4.69) is 9.97 Å². The molecule has 0 saturated carbocycles. The minimum atomic E-state index is -0.195. The van der Waals surface area contributed by atoms with Crippen molar-refractivity contribution in [1.29, 1.82) is 0 Å². The molecule has 0 saturated heterocycles. The lowest BCUT2D eigenvalue weighted by atomic mass is 10.1. The quantitative estimate of drug-likeness (QED) is 0.585. The molecule has 0 unspecified atom stereocenters. The van der Waals surface area contributed by atoms with Crippen molar-refractivity contribution < 1.29 is 4.79 Å². The second-order valence-electron chi connectivity index (χ2n) is 6.29. The number of aromatic nitrogens is 3. The first-order valence-corrected chi connectivity index (χ1v) is 8.11. The van der Waals surface area contributed by atoms with Crippen LogP contribution in [0.25, 0.3) is 21.8 Å². The zero-order valence-electron chi connectivity index (χ0n) is 14.0. The van der Waals surface area contributed by atoms with E-state index in [-0.39, 0.29) is 17.9 Å². The molecule has 5 nitrogen and oxygen atoms in total. The largest absolute Gasteiger partial charge is 0.358 e. The summed E-state index contributed by atoms with van der Waals surface area (Å²) in [4.78, 5) is 33.1. The Kier molecular flexibility index (Phi) is 3.50. The summed E-state index contributed by atoms with van der Waals surface area (Å²) in [6, 6.07) is 13.2. The molecule has 1 N–H and O–H groups in total. The fourth-order valence-electron chi connectivity index (χ4n) is 3.26. The third-order valence-electron chi connectivity index (χ3n) is 4.47. The van der Waals surface area contributed by atoms with Gasteiger partial charge >= 0.3 is 0 Å². The summed E-state index contributed by atoms with van der Waals surface area (Å²) < 4.78 is 1.38. The molecule has 0 aliphatic carbocycles. The molecule has 25 heavy (non-hydrogen) atoms. The summed E-state index contributed by atoms with van der Waals surface area (Å²) in [6.45, 7) is 3.77. The summed E-state index contributed by atoms with van der Waals surface area (Å²) >= 11 is 0. The van der Waals surface area contributed by atoms with Gasteiger partial charge in [-0.15, -0.1) is 0 Å². The summed E-state index contributed by atoms with van der Waals surface area (Å²) in [7, 11) is 0. The van der Waals surface area contributed by atoms with Crippen LogP contribution in [0.3, 0.4) is 0 Å². The highest BCUT2D eigenvalue weighted by Gasteiger charge is 2.17. The summed E-state index contributed by atoms with van der Waals surface area (Å²) in [5, 5.41) is 1.41. The van der Waals surface area contributed by atoms with Gasteiger partial charge in [0.2, 0.25) is 0 Å². The number of benzene rings is 2. The molecule has 2 aromatic carbocycles. The minimum absolute atomic E-state index is 0.0294. The van der Waals surface area contributed by atoms with Gasteiger partial charge < -0.3 is 4.98 Å². The predicted octanol–water partition coefficient (Wildman–Crippen LogP) is 3.38. The number of aromatic amines is 1. The number of hydrogen-bond donors (Lipinski definition) is 1. The number of para-hydroxylation sites is 1. The number of Topliss-reactive ketones (excluding diaryl/α,β-unsaturated/α-hetero) is 1. The number of nitrogens with zero attached hydrogens (tertiary/aromatic N) is 2. The molecule has 0 fully saturated rings. The van der Waals surface area contributed by atoms with E-state index in [1.165, 1.54) is 10.9 Å². The van der Waals surface area contributed by atoms with E-state index in [0.29, 0.717) is 16.5 Å². The lowest BCUT2D eigenvalue weighted by molar-refractivity contribution is 0.0971. The molecule has 124 valence electrons. The Morgan fingerprint density at radius 2 is 1.92 bits per heavy atom. The molecule has 0 amide bonds. The predicted molar refractivity (Wildman–Crippen MR) is 98.1 cm³/mol. The van der Waals surface area contributed by atoms with Crippen molar-refractivity contribution in [3.8, 4) is 0 Å². The molecular weight excluding hydrogens is 314 g/mol. The molecule has 2 heterocycles. The average molecular weight is 331 g/mol. The standard InChI is InChI=1S/C20H17N3O2/c1-12-7-8-16-15(9-12)20(25)23(11-21-16)10-18(24)19-13(2)22-17-6-4-3-5-14(17)19/h3-9,11,22H,10H2,1-2H3. The van der Waals surface area contributed by atoms with Crippen molar-refractivity contribution in [2.45, 2.75) is 20.4 Å². The van der Waals surface area contributed by atoms with E-state index in [0.717, 1.165) is 22.2 Å². The Morgan fingerprint density at radius 3 is 2.76 bits per heavy atom. The Morgan fingerprint density at radius 1 is 1.12 bits per heavy atom. The van der Waals surface area contributed by atoms with Crippen LogP contribution in [-0.2, 0) is 6.54 Å². The van der Waals surface area contributed by atoms with Crippen molar-refractivity contribution >= 4 is 27.6 Å². The molecule has 4 aromatic rings. The van der Waals surface area contributed by atoms with Gasteiger partial charge in [0, 0.05) is 22.2 Å². The van der Waals surface area contributed by atoms with Crippen LogP contribution < -0.4 is 5.56 Å². The van der Waals surface area contributed by atoms with Crippen molar-refractivity contribution in [1.82, 2.24) is 14.5 Å². The molecule has 0 atom stereocenters. The van der Waals surface area contributed by atoms with Crippen LogP contribution in [0.2, 0.25) is 0 Å². The van der Waals surface area contributed by atoms with E-state index < -0.39 is 0 Å². The molecule has 4 rings (SSSR count). The number of fused-ring (bicyclic) bond motifs is 2. The minimum Gasteiger partial charge on any atom is -0.358 e. The lowest BCUT2D eigenvalue weighted by Gasteiger charge is -2.07. The second kappa shape index (κ2) is 5.70. The number of H-pyrrole nitrogens is 1. The molecule has 5 heteroatoms. The molecule has 0 aliphatic rings. The SMILES string of the molecule is Cc1ccc2ncn(CC(=O)c3c(C)[nH]c4ccccc34)c(=O)c2c1. The highest BCUT2D eigenvalue weighted by atomic mass is 16.1. The Balaban J connectivity index is 1.78. The number of aryl methyl sites for hydroxylation is 2. The lowest BCUT2D eigenvalue weighted by Crippen LogP contribution is -2.25.